The second-order valence-corrected chi connectivity index (χ2v) is 9.39. The standard InChI is InChI=1S/C24H21FN4O2S/c1-31-12-13-3-4-18-14(7-13)16(9-26-18)19-8-15-21(17(25)10-27-22(15)29-19)20-11-28-23(32-20)24(30)5-2-6-24/h3-4,7-11,26,30H,2,5-6,12H2,1H3,(H,27,29). The Labute approximate surface area is 187 Å². The van der Waals surface area contributed by atoms with Crippen LogP contribution in [-0.4, -0.2) is 32.2 Å². The molecule has 0 spiro atoms. The number of ether oxygens (including phenoxy) is 1. The number of fused-ring (bicyclic) bond motifs is 2. The number of benzene rings is 1. The molecule has 1 aliphatic rings. The molecule has 1 saturated carbocycles. The van der Waals surface area contributed by atoms with Gasteiger partial charge in [0, 0.05) is 52.6 Å². The Morgan fingerprint density at radius 1 is 1.19 bits per heavy atom. The van der Waals surface area contributed by atoms with Gasteiger partial charge in [0.05, 0.1) is 17.7 Å². The maximum atomic E-state index is 15.0. The highest BCUT2D eigenvalue weighted by atomic mass is 32.1. The second-order valence-electron chi connectivity index (χ2n) is 8.36. The number of pyridine rings is 1. The molecule has 5 aromatic rings. The minimum Gasteiger partial charge on any atom is -0.383 e. The molecule has 0 unspecified atom stereocenters. The van der Waals surface area contributed by atoms with Crippen molar-refractivity contribution in [3.8, 4) is 21.7 Å². The number of nitrogens with one attached hydrogen (secondary N) is 2. The van der Waals surface area contributed by atoms with Gasteiger partial charge in [0.1, 0.15) is 16.3 Å². The molecule has 32 heavy (non-hydrogen) atoms. The van der Waals surface area contributed by atoms with E-state index in [9.17, 15) is 9.50 Å². The van der Waals surface area contributed by atoms with Crippen molar-refractivity contribution < 1.29 is 14.2 Å². The summed E-state index contributed by atoms with van der Waals surface area (Å²) < 4.78 is 20.2. The van der Waals surface area contributed by atoms with E-state index in [-0.39, 0.29) is 0 Å². The van der Waals surface area contributed by atoms with Crippen molar-refractivity contribution in [2.45, 2.75) is 31.5 Å². The van der Waals surface area contributed by atoms with Crippen molar-refractivity contribution in [3.05, 3.63) is 59.2 Å². The highest BCUT2D eigenvalue weighted by Gasteiger charge is 2.39. The molecule has 0 bridgehead atoms. The van der Waals surface area contributed by atoms with E-state index >= 15 is 0 Å². The van der Waals surface area contributed by atoms with Crippen LogP contribution in [-0.2, 0) is 16.9 Å². The number of aromatic nitrogens is 4. The zero-order chi connectivity index (χ0) is 21.9. The fourth-order valence-electron chi connectivity index (χ4n) is 4.42. The number of H-pyrrole nitrogens is 2. The highest BCUT2D eigenvalue weighted by Crippen LogP contribution is 2.45. The molecule has 8 heteroatoms. The maximum Gasteiger partial charge on any atom is 0.150 e. The van der Waals surface area contributed by atoms with Crippen LogP contribution < -0.4 is 0 Å². The third kappa shape index (κ3) is 2.98. The van der Waals surface area contributed by atoms with Crippen molar-refractivity contribution >= 4 is 33.3 Å². The first kappa shape index (κ1) is 19.6. The quantitative estimate of drug-likeness (QED) is 0.332. The fourth-order valence-corrected chi connectivity index (χ4v) is 5.55. The lowest BCUT2D eigenvalue weighted by Crippen LogP contribution is -2.33. The van der Waals surface area contributed by atoms with Crippen molar-refractivity contribution in [2.24, 2.45) is 0 Å². The van der Waals surface area contributed by atoms with Gasteiger partial charge in [-0.3, -0.25) is 0 Å². The van der Waals surface area contributed by atoms with Gasteiger partial charge in [0.25, 0.3) is 0 Å². The Hall–Kier alpha value is -3.07. The Kier molecular flexibility index (Phi) is 4.43. The lowest BCUT2D eigenvalue weighted by molar-refractivity contribution is -0.0389. The molecule has 0 radical (unpaired) electrons. The topological polar surface area (TPSA) is 86.8 Å². The Balaban J connectivity index is 1.48. The first-order chi connectivity index (χ1) is 15.6. The van der Waals surface area contributed by atoms with Gasteiger partial charge in [0.2, 0.25) is 0 Å². The normalized spacial score (nSPS) is 15.5. The van der Waals surface area contributed by atoms with E-state index in [2.05, 4.69) is 26.0 Å². The number of halogens is 1. The highest BCUT2D eigenvalue weighted by molar-refractivity contribution is 7.15. The summed E-state index contributed by atoms with van der Waals surface area (Å²) in [5.74, 6) is -0.403. The zero-order valence-corrected chi connectivity index (χ0v) is 18.2. The predicted molar refractivity (Wildman–Crippen MR) is 123 cm³/mol. The van der Waals surface area contributed by atoms with E-state index in [1.807, 2.05) is 24.4 Å². The number of hydrogen-bond donors (Lipinski definition) is 3. The minimum absolute atomic E-state index is 0.403. The lowest BCUT2D eigenvalue weighted by Gasteiger charge is -2.34. The average Bonchev–Trinajstić information content (AvgIpc) is 3.49. The molecule has 3 N–H and O–H groups in total. The molecule has 6 rings (SSSR count). The van der Waals surface area contributed by atoms with E-state index in [0.717, 1.165) is 34.1 Å². The third-order valence-electron chi connectivity index (χ3n) is 6.29. The van der Waals surface area contributed by atoms with Crippen LogP contribution in [0.3, 0.4) is 0 Å². The third-order valence-corrected chi connectivity index (χ3v) is 7.50. The maximum absolute atomic E-state index is 15.0. The van der Waals surface area contributed by atoms with E-state index in [4.69, 9.17) is 4.74 Å². The largest absolute Gasteiger partial charge is 0.383 e. The first-order valence-electron chi connectivity index (χ1n) is 10.5. The van der Waals surface area contributed by atoms with Crippen molar-refractivity contribution in [3.63, 3.8) is 0 Å². The monoisotopic (exact) mass is 448 g/mol. The summed E-state index contributed by atoms with van der Waals surface area (Å²) in [6, 6.07) is 8.09. The number of hydrogen-bond acceptors (Lipinski definition) is 5. The summed E-state index contributed by atoms with van der Waals surface area (Å²) in [6.07, 6.45) is 7.23. The van der Waals surface area contributed by atoms with E-state index in [1.165, 1.54) is 17.5 Å². The molecule has 0 saturated heterocycles. The van der Waals surface area contributed by atoms with Gasteiger partial charge in [0.15, 0.2) is 5.82 Å². The molecule has 6 nitrogen and oxygen atoms in total. The summed E-state index contributed by atoms with van der Waals surface area (Å²) in [5, 5.41) is 13.0. The van der Waals surface area contributed by atoms with Crippen LogP contribution in [0.5, 0.6) is 0 Å². The number of methoxy groups -OCH3 is 1. The van der Waals surface area contributed by atoms with Crippen LogP contribution in [0.4, 0.5) is 4.39 Å². The molecule has 162 valence electrons. The zero-order valence-electron chi connectivity index (χ0n) is 17.4. The Morgan fingerprint density at radius 2 is 2.06 bits per heavy atom. The van der Waals surface area contributed by atoms with Gasteiger partial charge in [-0.15, -0.1) is 11.3 Å². The molecular formula is C24H21FN4O2S. The summed E-state index contributed by atoms with van der Waals surface area (Å²) in [4.78, 5) is 16.0. The molecular weight excluding hydrogens is 427 g/mol. The van der Waals surface area contributed by atoms with Gasteiger partial charge in [-0.1, -0.05) is 6.07 Å². The summed E-state index contributed by atoms with van der Waals surface area (Å²) in [5.41, 5.74) is 4.13. The van der Waals surface area contributed by atoms with Gasteiger partial charge < -0.3 is 19.8 Å². The molecule has 0 aliphatic heterocycles. The number of aromatic amines is 2. The molecule has 4 aromatic heterocycles. The average molecular weight is 449 g/mol. The van der Waals surface area contributed by atoms with Crippen LogP contribution in [0.25, 0.3) is 43.6 Å². The molecule has 1 fully saturated rings. The van der Waals surface area contributed by atoms with Gasteiger partial charge in [-0.25, -0.2) is 14.4 Å². The van der Waals surface area contributed by atoms with Gasteiger partial charge in [-0.2, -0.15) is 0 Å². The minimum atomic E-state index is -0.862. The number of nitrogens with zero attached hydrogens (tertiary/aromatic N) is 2. The molecule has 1 aromatic carbocycles. The van der Waals surface area contributed by atoms with E-state index < -0.39 is 11.4 Å². The Morgan fingerprint density at radius 3 is 2.84 bits per heavy atom. The SMILES string of the molecule is COCc1ccc2[nH]cc(-c3cc4c(-c5cnc(C6(O)CCC6)s5)c(F)cnc4[nH]3)c2c1. The van der Waals surface area contributed by atoms with Crippen LogP contribution in [0.15, 0.2) is 42.9 Å². The number of rotatable bonds is 5. The van der Waals surface area contributed by atoms with Gasteiger partial charge >= 0.3 is 0 Å². The molecule has 4 heterocycles. The number of aliphatic hydroxyl groups is 1. The smallest absolute Gasteiger partial charge is 0.150 e. The molecule has 1 aliphatic carbocycles. The van der Waals surface area contributed by atoms with Crippen LogP contribution in [0.1, 0.15) is 29.8 Å². The molecule has 0 amide bonds. The summed E-state index contributed by atoms with van der Waals surface area (Å²) >= 11 is 1.35. The van der Waals surface area contributed by atoms with Crippen molar-refractivity contribution in [1.82, 2.24) is 19.9 Å². The lowest BCUT2D eigenvalue weighted by atomic mass is 9.81. The number of thiazole rings is 1. The second kappa shape index (κ2) is 7.23. The fraction of sp³-hybridized carbons (Fsp3) is 0.250. The van der Waals surface area contributed by atoms with Gasteiger partial charge in [-0.05, 0) is 43.0 Å². The van der Waals surface area contributed by atoms with Crippen LogP contribution in [0.2, 0.25) is 0 Å². The summed E-state index contributed by atoms with van der Waals surface area (Å²) in [6.45, 7) is 0.532. The van der Waals surface area contributed by atoms with Crippen LogP contribution in [0, 0.1) is 5.82 Å². The molecule has 0 atom stereocenters. The van der Waals surface area contributed by atoms with Crippen molar-refractivity contribution in [2.75, 3.05) is 7.11 Å². The van der Waals surface area contributed by atoms with Crippen LogP contribution >= 0.6 is 11.3 Å². The van der Waals surface area contributed by atoms with E-state index in [0.29, 0.717) is 45.9 Å². The Bertz CT molecular complexity index is 1460. The van der Waals surface area contributed by atoms with E-state index in [1.54, 1.807) is 13.3 Å². The van der Waals surface area contributed by atoms with Crippen molar-refractivity contribution in [1.29, 1.82) is 0 Å². The predicted octanol–water partition coefficient (Wildman–Crippen LogP) is 5.49. The first-order valence-corrected chi connectivity index (χ1v) is 11.3. The summed E-state index contributed by atoms with van der Waals surface area (Å²) in [7, 11) is 1.68.